The van der Waals surface area contributed by atoms with E-state index in [9.17, 15) is 4.79 Å². The van der Waals surface area contributed by atoms with Crippen molar-refractivity contribution in [2.75, 3.05) is 13.2 Å². The van der Waals surface area contributed by atoms with E-state index in [2.05, 4.69) is 5.32 Å². The molecule has 94 valence electrons. The summed E-state index contributed by atoms with van der Waals surface area (Å²) in [5.74, 6) is 0.0244. The largest absolute Gasteiger partial charge is 0.396 e. The first-order valence-electron chi connectivity index (χ1n) is 5.84. The van der Waals surface area contributed by atoms with Gasteiger partial charge in [-0.15, -0.1) is 0 Å². The highest BCUT2D eigenvalue weighted by Gasteiger charge is 2.02. The van der Waals surface area contributed by atoms with Crippen LogP contribution in [0.4, 0.5) is 0 Å². The number of halogens is 1. The molecule has 0 aliphatic rings. The van der Waals surface area contributed by atoms with Crippen LogP contribution >= 0.6 is 11.6 Å². The lowest BCUT2D eigenvalue weighted by atomic mass is 10.1. The van der Waals surface area contributed by atoms with Crippen molar-refractivity contribution in [3.63, 3.8) is 0 Å². The summed E-state index contributed by atoms with van der Waals surface area (Å²) in [7, 11) is 0. The standard InChI is InChI=1S/C13H18ClNO2/c14-12-6-4-11(5-7-12)10-13(17)15-8-2-1-3-9-16/h4-7,16H,1-3,8-10H2,(H,15,17). The SMILES string of the molecule is O=C(Cc1ccc(Cl)cc1)NCCCCCO. The Balaban J connectivity index is 2.18. The van der Waals surface area contributed by atoms with E-state index in [1.807, 2.05) is 12.1 Å². The summed E-state index contributed by atoms with van der Waals surface area (Å²) < 4.78 is 0. The lowest BCUT2D eigenvalue weighted by Crippen LogP contribution is -2.26. The fraction of sp³-hybridized carbons (Fsp3) is 0.462. The molecule has 0 aliphatic heterocycles. The van der Waals surface area contributed by atoms with Crippen LogP contribution in [0.15, 0.2) is 24.3 Å². The molecule has 2 N–H and O–H groups in total. The van der Waals surface area contributed by atoms with Crippen molar-refractivity contribution in [2.24, 2.45) is 0 Å². The van der Waals surface area contributed by atoms with Crippen LogP contribution in [0.2, 0.25) is 5.02 Å². The lowest BCUT2D eigenvalue weighted by molar-refractivity contribution is -0.120. The number of aliphatic hydroxyl groups is 1. The van der Waals surface area contributed by atoms with Crippen LogP contribution in [0.5, 0.6) is 0 Å². The van der Waals surface area contributed by atoms with Crippen molar-refractivity contribution in [1.29, 1.82) is 0 Å². The summed E-state index contributed by atoms with van der Waals surface area (Å²) in [5.41, 5.74) is 0.960. The third-order valence-corrected chi connectivity index (χ3v) is 2.69. The number of carbonyl (C=O) groups is 1. The zero-order chi connectivity index (χ0) is 12.5. The quantitative estimate of drug-likeness (QED) is 0.734. The molecule has 1 rings (SSSR count). The average Bonchev–Trinajstić information content (AvgIpc) is 2.32. The van der Waals surface area contributed by atoms with Crippen molar-refractivity contribution >= 4 is 17.5 Å². The molecule has 0 aromatic heterocycles. The molecular formula is C13H18ClNO2. The molecule has 4 heteroatoms. The van der Waals surface area contributed by atoms with E-state index in [-0.39, 0.29) is 12.5 Å². The minimum Gasteiger partial charge on any atom is -0.396 e. The molecule has 17 heavy (non-hydrogen) atoms. The van der Waals surface area contributed by atoms with Crippen molar-refractivity contribution in [3.8, 4) is 0 Å². The molecule has 1 aromatic carbocycles. The Morgan fingerprint density at radius 1 is 1.18 bits per heavy atom. The Morgan fingerprint density at radius 2 is 1.88 bits per heavy atom. The maximum atomic E-state index is 11.5. The van der Waals surface area contributed by atoms with Crippen molar-refractivity contribution < 1.29 is 9.90 Å². The van der Waals surface area contributed by atoms with Gasteiger partial charge in [-0.05, 0) is 37.0 Å². The minimum atomic E-state index is 0.0244. The van der Waals surface area contributed by atoms with Gasteiger partial charge in [0.05, 0.1) is 6.42 Å². The predicted molar refractivity (Wildman–Crippen MR) is 69.1 cm³/mol. The zero-order valence-corrected chi connectivity index (χ0v) is 10.5. The molecule has 1 amide bonds. The monoisotopic (exact) mass is 255 g/mol. The number of aliphatic hydroxyl groups excluding tert-OH is 1. The molecule has 0 heterocycles. The predicted octanol–water partition coefficient (Wildman–Crippen LogP) is 2.16. The van der Waals surface area contributed by atoms with Gasteiger partial charge in [0.25, 0.3) is 0 Å². The third kappa shape index (κ3) is 6.29. The second-order valence-electron chi connectivity index (χ2n) is 3.94. The van der Waals surface area contributed by atoms with Crippen molar-refractivity contribution in [2.45, 2.75) is 25.7 Å². The van der Waals surface area contributed by atoms with E-state index in [0.29, 0.717) is 18.0 Å². The Hall–Kier alpha value is -1.06. The van der Waals surface area contributed by atoms with Gasteiger partial charge in [0.1, 0.15) is 0 Å². The van der Waals surface area contributed by atoms with E-state index in [1.54, 1.807) is 12.1 Å². The molecule has 0 atom stereocenters. The Bertz CT molecular complexity index is 338. The Labute approximate surface area is 107 Å². The van der Waals surface area contributed by atoms with Gasteiger partial charge in [0.15, 0.2) is 0 Å². The highest BCUT2D eigenvalue weighted by molar-refractivity contribution is 6.30. The zero-order valence-electron chi connectivity index (χ0n) is 9.79. The Kier molecular flexibility index (Phi) is 6.67. The molecule has 0 radical (unpaired) electrons. The van der Waals surface area contributed by atoms with Gasteiger partial charge in [-0.3, -0.25) is 4.79 Å². The fourth-order valence-corrected chi connectivity index (χ4v) is 1.62. The van der Waals surface area contributed by atoms with Gasteiger partial charge in [0.2, 0.25) is 5.91 Å². The van der Waals surface area contributed by atoms with E-state index in [1.165, 1.54) is 0 Å². The summed E-state index contributed by atoms with van der Waals surface area (Å²) in [4.78, 5) is 11.5. The molecular weight excluding hydrogens is 238 g/mol. The van der Waals surface area contributed by atoms with Crippen LogP contribution in [0.3, 0.4) is 0 Å². The van der Waals surface area contributed by atoms with Crippen LogP contribution in [-0.4, -0.2) is 24.2 Å². The van der Waals surface area contributed by atoms with Gasteiger partial charge in [-0.2, -0.15) is 0 Å². The lowest BCUT2D eigenvalue weighted by Gasteiger charge is -2.05. The van der Waals surface area contributed by atoms with Gasteiger partial charge in [-0.25, -0.2) is 0 Å². The summed E-state index contributed by atoms with van der Waals surface area (Å²) in [6.07, 6.45) is 3.04. The van der Waals surface area contributed by atoms with Crippen LogP contribution in [0.1, 0.15) is 24.8 Å². The second kappa shape index (κ2) is 8.09. The highest BCUT2D eigenvalue weighted by atomic mass is 35.5. The number of unbranched alkanes of at least 4 members (excludes halogenated alkanes) is 2. The minimum absolute atomic E-state index is 0.0244. The summed E-state index contributed by atoms with van der Waals surface area (Å²) in [6.45, 7) is 0.894. The maximum Gasteiger partial charge on any atom is 0.224 e. The number of benzene rings is 1. The normalized spacial score (nSPS) is 10.2. The van der Waals surface area contributed by atoms with Crippen LogP contribution in [-0.2, 0) is 11.2 Å². The van der Waals surface area contributed by atoms with Crippen LogP contribution in [0, 0.1) is 0 Å². The van der Waals surface area contributed by atoms with Crippen molar-refractivity contribution in [3.05, 3.63) is 34.9 Å². The van der Waals surface area contributed by atoms with Gasteiger partial charge < -0.3 is 10.4 Å². The molecule has 0 aliphatic carbocycles. The second-order valence-corrected chi connectivity index (χ2v) is 4.37. The third-order valence-electron chi connectivity index (χ3n) is 2.43. The molecule has 0 spiro atoms. The molecule has 3 nitrogen and oxygen atoms in total. The van der Waals surface area contributed by atoms with E-state index >= 15 is 0 Å². The molecule has 1 aromatic rings. The molecule has 0 fully saturated rings. The number of amides is 1. The summed E-state index contributed by atoms with van der Waals surface area (Å²) in [6, 6.07) is 7.28. The first-order valence-corrected chi connectivity index (χ1v) is 6.22. The van der Waals surface area contributed by atoms with Crippen LogP contribution < -0.4 is 5.32 Å². The number of carbonyl (C=O) groups excluding carboxylic acids is 1. The highest BCUT2D eigenvalue weighted by Crippen LogP contribution is 2.09. The first-order chi connectivity index (χ1) is 8.22. The van der Waals surface area contributed by atoms with E-state index in [0.717, 1.165) is 24.8 Å². The van der Waals surface area contributed by atoms with Gasteiger partial charge >= 0.3 is 0 Å². The van der Waals surface area contributed by atoms with Gasteiger partial charge in [-0.1, -0.05) is 23.7 Å². The molecule has 0 saturated carbocycles. The Morgan fingerprint density at radius 3 is 2.53 bits per heavy atom. The smallest absolute Gasteiger partial charge is 0.224 e. The molecule has 0 saturated heterocycles. The topological polar surface area (TPSA) is 49.3 Å². The van der Waals surface area contributed by atoms with E-state index < -0.39 is 0 Å². The maximum absolute atomic E-state index is 11.5. The molecule has 0 unspecified atom stereocenters. The first kappa shape index (κ1) is 14.0. The summed E-state index contributed by atoms with van der Waals surface area (Å²) >= 11 is 5.76. The molecule has 0 bridgehead atoms. The number of rotatable bonds is 7. The number of hydrogen-bond acceptors (Lipinski definition) is 2. The van der Waals surface area contributed by atoms with E-state index in [4.69, 9.17) is 16.7 Å². The summed E-state index contributed by atoms with van der Waals surface area (Å²) in [5, 5.41) is 12.1. The number of hydrogen-bond donors (Lipinski definition) is 2. The number of nitrogens with one attached hydrogen (secondary N) is 1. The fourth-order valence-electron chi connectivity index (χ4n) is 1.49. The average molecular weight is 256 g/mol. The van der Waals surface area contributed by atoms with Crippen molar-refractivity contribution in [1.82, 2.24) is 5.32 Å². The van der Waals surface area contributed by atoms with Crippen LogP contribution in [0.25, 0.3) is 0 Å². The van der Waals surface area contributed by atoms with Gasteiger partial charge in [0, 0.05) is 18.2 Å².